The highest BCUT2D eigenvalue weighted by Crippen LogP contribution is 2.24. The fourth-order valence-corrected chi connectivity index (χ4v) is 2.34. The summed E-state index contributed by atoms with van der Waals surface area (Å²) in [7, 11) is 0. The third-order valence-corrected chi connectivity index (χ3v) is 3.35. The minimum atomic E-state index is -0.718. The Morgan fingerprint density at radius 2 is 1.81 bits per heavy atom. The third kappa shape index (κ3) is 3.75. The summed E-state index contributed by atoms with van der Waals surface area (Å²) >= 11 is 2.99. The SMILES string of the molecule is O=[N+]([O-])c1ccccc1CCNc1c(F)cc(Br)cc1F. The summed E-state index contributed by atoms with van der Waals surface area (Å²) in [5, 5.41) is 13.5. The Morgan fingerprint density at radius 3 is 2.43 bits per heavy atom. The van der Waals surface area contributed by atoms with E-state index in [1.54, 1.807) is 18.2 Å². The van der Waals surface area contributed by atoms with Gasteiger partial charge in [-0.1, -0.05) is 34.1 Å². The monoisotopic (exact) mass is 356 g/mol. The maximum atomic E-state index is 13.6. The molecule has 0 aliphatic heterocycles. The zero-order chi connectivity index (χ0) is 15.4. The summed E-state index contributed by atoms with van der Waals surface area (Å²) < 4.78 is 27.5. The Kier molecular flexibility index (Phi) is 4.85. The standard InChI is InChI=1S/C14H11BrF2N2O2/c15-10-7-11(16)14(12(17)8-10)18-6-5-9-3-1-2-4-13(9)19(20)21/h1-4,7-8,18H,5-6H2. The number of rotatable bonds is 5. The Balaban J connectivity index is 2.08. The molecule has 0 atom stereocenters. The van der Waals surface area contributed by atoms with Crippen LogP contribution in [0.25, 0.3) is 0 Å². The molecule has 2 rings (SSSR count). The Labute approximate surface area is 128 Å². The van der Waals surface area contributed by atoms with Crippen LogP contribution in [-0.4, -0.2) is 11.5 Å². The van der Waals surface area contributed by atoms with Crippen LogP contribution in [0.3, 0.4) is 0 Å². The molecular weight excluding hydrogens is 346 g/mol. The first kappa shape index (κ1) is 15.4. The van der Waals surface area contributed by atoms with Crippen molar-refractivity contribution in [2.45, 2.75) is 6.42 Å². The molecule has 0 saturated carbocycles. The van der Waals surface area contributed by atoms with E-state index in [1.807, 2.05) is 0 Å². The van der Waals surface area contributed by atoms with E-state index < -0.39 is 16.6 Å². The average molecular weight is 357 g/mol. The second-order valence-electron chi connectivity index (χ2n) is 4.31. The van der Waals surface area contributed by atoms with Gasteiger partial charge in [-0.15, -0.1) is 0 Å². The molecule has 2 aromatic rings. The van der Waals surface area contributed by atoms with Crippen molar-refractivity contribution >= 4 is 27.3 Å². The van der Waals surface area contributed by atoms with E-state index in [0.717, 1.165) is 12.1 Å². The van der Waals surface area contributed by atoms with Gasteiger partial charge in [-0.2, -0.15) is 0 Å². The maximum Gasteiger partial charge on any atom is 0.272 e. The molecule has 110 valence electrons. The van der Waals surface area contributed by atoms with Gasteiger partial charge >= 0.3 is 0 Å². The third-order valence-electron chi connectivity index (χ3n) is 2.89. The molecule has 0 heterocycles. The van der Waals surface area contributed by atoms with Crippen molar-refractivity contribution in [2.24, 2.45) is 0 Å². The van der Waals surface area contributed by atoms with E-state index in [-0.39, 0.29) is 24.3 Å². The molecule has 0 fully saturated rings. The van der Waals surface area contributed by atoms with Crippen molar-refractivity contribution in [3.05, 3.63) is 68.2 Å². The number of para-hydroxylation sites is 1. The zero-order valence-electron chi connectivity index (χ0n) is 10.8. The summed E-state index contributed by atoms with van der Waals surface area (Å²) in [5.41, 5.74) is 0.265. The van der Waals surface area contributed by atoms with Crippen molar-refractivity contribution in [2.75, 3.05) is 11.9 Å². The molecule has 0 saturated heterocycles. The van der Waals surface area contributed by atoms with Gasteiger partial charge in [0, 0.05) is 22.6 Å². The lowest BCUT2D eigenvalue weighted by Crippen LogP contribution is -2.09. The lowest BCUT2D eigenvalue weighted by Gasteiger charge is -2.09. The number of halogens is 3. The van der Waals surface area contributed by atoms with Gasteiger partial charge in [0.2, 0.25) is 0 Å². The van der Waals surface area contributed by atoms with Crippen LogP contribution in [0.5, 0.6) is 0 Å². The molecule has 0 amide bonds. The second kappa shape index (κ2) is 6.62. The van der Waals surface area contributed by atoms with E-state index in [4.69, 9.17) is 0 Å². The quantitative estimate of drug-likeness (QED) is 0.642. The number of benzene rings is 2. The van der Waals surface area contributed by atoms with Gasteiger partial charge in [-0.25, -0.2) is 8.78 Å². The highest BCUT2D eigenvalue weighted by Gasteiger charge is 2.13. The fraction of sp³-hybridized carbons (Fsp3) is 0.143. The number of nitrogens with zero attached hydrogens (tertiary/aromatic N) is 1. The maximum absolute atomic E-state index is 13.6. The van der Waals surface area contributed by atoms with Crippen LogP contribution in [0, 0.1) is 21.7 Å². The van der Waals surface area contributed by atoms with Gasteiger partial charge in [0.15, 0.2) is 0 Å². The molecule has 2 aromatic carbocycles. The van der Waals surface area contributed by atoms with Gasteiger partial charge in [0.25, 0.3) is 5.69 Å². The van der Waals surface area contributed by atoms with Crippen LogP contribution < -0.4 is 5.32 Å². The number of nitro benzene ring substituents is 1. The Bertz CT molecular complexity index is 657. The molecular formula is C14H11BrF2N2O2. The van der Waals surface area contributed by atoms with Gasteiger partial charge in [0.05, 0.1) is 4.92 Å². The summed E-state index contributed by atoms with van der Waals surface area (Å²) in [6.45, 7) is 0.181. The lowest BCUT2D eigenvalue weighted by molar-refractivity contribution is -0.385. The van der Waals surface area contributed by atoms with Crippen LogP contribution in [0.4, 0.5) is 20.2 Å². The van der Waals surface area contributed by atoms with Crippen LogP contribution in [-0.2, 0) is 6.42 Å². The smallest absolute Gasteiger partial charge is 0.272 e. The zero-order valence-corrected chi connectivity index (χ0v) is 12.4. The molecule has 0 radical (unpaired) electrons. The molecule has 0 bridgehead atoms. The molecule has 0 aliphatic rings. The number of nitrogens with one attached hydrogen (secondary N) is 1. The largest absolute Gasteiger partial charge is 0.380 e. The molecule has 4 nitrogen and oxygen atoms in total. The van der Waals surface area contributed by atoms with Crippen molar-refractivity contribution < 1.29 is 13.7 Å². The van der Waals surface area contributed by atoms with Gasteiger partial charge in [-0.3, -0.25) is 10.1 Å². The Hall–Kier alpha value is -2.02. The summed E-state index contributed by atoms with van der Waals surface area (Å²) in [4.78, 5) is 10.4. The summed E-state index contributed by atoms with van der Waals surface area (Å²) in [6.07, 6.45) is 0.284. The summed E-state index contributed by atoms with van der Waals surface area (Å²) in [5.74, 6) is -1.44. The molecule has 0 aliphatic carbocycles. The van der Waals surface area contributed by atoms with Crippen molar-refractivity contribution in [3.8, 4) is 0 Å². The number of hydrogen-bond donors (Lipinski definition) is 1. The minimum absolute atomic E-state index is 0.00366. The molecule has 0 unspecified atom stereocenters. The lowest BCUT2D eigenvalue weighted by atomic mass is 10.1. The number of anilines is 1. The second-order valence-corrected chi connectivity index (χ2v) is 5.22. The van der Waals surface area contributed by atoms with Crippen molar-refractivity contribution in [3.63, 3.8) is 0 Å². The van der Waals surface area contributed by atoms with Gasteiger partial charge in [-0.05, 0) is 18.6 Å². The topological polar surface area (TPSA) is 55.2 Å². The normalized spacial score (nSPS) is 10.4. The minimum Gasteiger partial charge on any atom is -0.380 e. The highest BCUT2D eigenvalue weighted by atomic mass is 79.9. The molecule has 1 N–H and O–H groups in total. The van der Waals surface area contributed by atoms with E-state index in [1.165, 1.54) is 6.07 Å². The highest BCUT2D eigenvalue weighted by molar-refractivity contribution is 9.10. The van der Waals surface area contributed by atoms with Crippen LogP contribution in [0.2, 0.25) is 0 Å². The average Bonchev–Trinajstić information content (AvgIpc) is 2.42. The van der Waals surface area contributed by atoms with Crippen molar-refractivity contribution in [1.29, 1.82) is 0 Å². The van der Waals surface area contributed by atoms with Gasteiger partial charge < -0.3 is 5.32 Å². The number of hydrogen-bond acceptors (Lipinski definition) is 3. The number of nitro groups is 1. The van der Waals surface area contributed by atoms with Gasteiger partial charge in [0.1, 0.15) is 17.3 Å². The van der Waals surface area contributed by atoms with E-state index in [9.17, 15) is 18.9 Å². The molecule has 0 aromatic heterocycles. The molecule has 21 heavy (non-hydrogen) atoms. The summed E-state index contributed by atoms with van der Waals surface area (Å²) in [6, 6.07) is 8.57. The van der Waals surface area contributed by atoms with E-state index in [0.29, 0.717) is 10.0 Å². The first-order chi connectivity index (χ1) is 9.99. The van der Waals surface area contributed by atoms with Crippen LogP contribution in [0.15, 0.2) is 40.9 Å². The predicted octanol–water partition coefficient (Wildman–Crippen LogP) is 4.29. The first-order valence-electron chi connectivity index (χ1n) is 6.09. The first-order valence-corrected chi connectivity index (χ1v) is 6.89. The van der Waals surface area contributed by atoms with Crippen LogP contribution >= 0.6 is 15.9 Å². The Morgan fingerprint density at radius 1 is 1.19 bits per heavy atom. The van der Waals surface area contributed by atoms with E-state index in [2.05, 4.69) is 21.2 Å². The molecule has 7 heteroatoms. The van der Waals surface area contributed by atoms with Crippen molar-refractivity contribution in [1.82, 2.24) is 0 Å². The predicted molar refractivity (Wildman–Crippen MR) is 79.3 cm³/mol. The van der Waals surface area contributed by atoms with Crippen LogP contribution in [0.1, 0.15) is 5.56 Å². The fourth-order valence-electron chi connectivity index (χ4n) is 1.93. The molecule has 0 spiro atoms. The van der Waals surface area contributed by atoms with E-state index >= 15 is 0 Å².